The summed E-state index contributed by atoms with van der Waals surface area (Å²) in [6.07, 6.45) is 7.73. The summed E-state index contributed by atoms with van der Waals surface area (Å²) in [4.78, 5) is 19.2. The number of nitrogen functional groups attached to an aromatic ring is 1. The molecule has 2 fully saturated rings. The van der Waals surface area contributed by atoms with Crippen molar-refractivity contribution >= 4 is 21.4 Å². The van der Waals surface area contributed by atoms with Crippen molar-refractivity contribution in [3.8, 4) is 11.4 Å². The van der Waals surface area contributed by atoms with Crippen molar-refractivity contribution in [1.82, 2.24) is 19.1 Å². The van der Waals surface area contributed by atoms with Gasteiger partial charge in [0.2, 0.25) is 15.8 Å². The van der Waals surface area contributed by atoms with Gasteiger partial charge in [0.1, 0.15) is 17.3 Å². The first-order valence-corrected chi connectivity index (χ1v) is 14.0. The first-order chi connectivity index (χ1) is 18.2. The number of sulfonamides is 1. The van der Waals surface area contributed by atoms with Crippen LogP contribution in [-0.2, 0) is 15.8 Å². The number of anilines is 2. The van der Waals surface area contributed by atoms with E-state index in [0.29, 0.717) is 30.0 Å². The van der Waals surface area contributed by atoms with E-state index in [4.69, 9.17) is 10.5 Å². The lowest BCUT2D eigenvalue weighted by Gasteiger charge is -2.36. The number of benzene rings is 1. The van der Waals surface area contributed by atoms with Gasteiger partial charge in [-0.05, 0) is 49.4 Å². The van der Waals surface area contributed by atoms with Crippen LogP contribution in [0.15, 0.2) is 47.7 Å². The van der Waals surface area contributed by atoms with Gasteiger partial charge in [0, 0.05) is 38.4 Å². The fourth-order valence-electron chi connectivity index (χ4n) is 4.85. The SMILES string of the molecule is Nc1cnccc1CS(=O)(=O)N1CCN(c2cnn(-c3cc(F)cc(F)c3)c(=O)c2OC2CCCC2)CC1. The van der Waals surface area contributed by atoms with Crippen LogP contribution in [0.25, 0.3) is 5.69 Å². The van der Waals surface area contributed by atoms with E-state index in [0.717, 1.165) is 48.6 Å². The van der Waals surface area contributed by atoms with Crippen molar-refractivity contribution in [2.24, 2.45) is 0 Å². The zero-order valence-corrected chi connectivity index (χ0v) is 21.4. The highest BCUT2D eigenvalue weighted by atomic mass is 32.2. The Morgan fingerprint density at radius 1 is 1.03 bits per heavy atom. The second-order valence-electron chi connectivity index (χ2n) is 9.44. The summed E-state index contributed by atoms with van der Waals surface area (Å²) >= 11 is 0. The van der Waals surface area contributed by atoms with Crippen LogP contribution in [0.5, 0.6) is 5.75 Å². The van der Waals surface area contributed by atoms with E-state index in [9.17, 15) is 22.0 Å². The number of halogens is 2. The van der Waals surface area contributed by atoms with Gasteiger partial charge in [0.05, 0.1) is 35.6 Å². The maximum absolute atomic E-state index is 13.8. The van der Waals surface area contributed by atoms with Crippen molar-refractivity contribution in [3.63, 3.8) is 0 Å². The maximum Gasteiger partial charge on any atom is 0.316 e. The third-order valence-electron chi connectivity index (χ3n) is 6.85. The standard InChI is InChI=1S/C25H28F2N6O4S/c26-18-11-19(27)13-20(12-18)33-25(34)24(37-21-3-1-2-4-21)23(15-30-33)31-7-9-32(10-8-31)38(35,36)16-17-5-6-29-14-22(17)28/h5-6,11-15,21H,1-4,7-10,16,28H2. The average molecular weight is 547 g/mol. The molecule has 1 saturated carbocycles. The largest absolute Gasteiger partial charge is 0.483 e. The summed E-state index contributed by atoms with van der Waals surface area (Å²) in [5.41, 5.74) is 6.40. The van der Waals surface area contributed by atoms with Gasteiger partial charge in [-0.25, -0.2) is 17.2 Å². The quantitative estimate of drug-likeness (QED) is 0.480. The molecular formula is C25H28F2N6O4S. The Balaban J connectivity index is 1.40. The second-order valence-corrected chi connectivity index (χ2v) is 11.4. The Morgan fingerprint density at radius 2 is 1.71 bits per heavy atom. The lowest BCUT2D eigenvalue weighted by molar-refractivity contribution is 0.205. The molecule has 2 aliphatic rings. The molecule has 0 bridgehead atoms. The van der Waals surface area contributed by atoms with E-state index in [1.807, 2.05) is 4.90 Å². The van der Waals surface area contributed by atoms with Crippen LogP contribution in [0, 0.1) is 11.6 Å². The second kappa shape index (κ2) is 10.7. The van der Waals surface area contributed by atoms with Gasteiger partial charge in [-0.15, -0.1) is 0 Å². The molecule has 3 aromatic rings. The predicted octanol–water partition coefficient (Wildman–Crippen LogP) is 2.46. The minimum Gasteiger partial charge on any atom is -0.483 e. The molecule has 1 aliphatic carbocycles. The molecule has 3 heterocycles. The minimum atomic E-state index is -3.64. The monoisotopic (exact) mass is 546 g/mol. The molecule has 5 rings (SSSR count). The first-order valence-electron chi connectivity index (χ1n) is 12.4. The van der Waals surface area contributed by atoms with Crippen LogP contribution >= 0.6 is 0 Å². The van der Waals surface area contributed by atoms with Gasteiger partial charge in [-0.1, -0.05) is 0 Å². The van der Waals surface area contributed by atoms with E-state index in [1.54, 1.807) is 6.07 Å². The number of ether oxygens (including phenoxy) is 1. The van der Waals surface area contributed by atoms with Crippen LogP contribution in [0.1, 0.15) is 31.2 Å². The highest BCUT2D eigenvalue weighted by Gasteiger charge is 2.31. The smallest absolute Gasteiger partial charge is 0.316 e. The molecule has 1 saturated heterocycles. The Hall–Kier alpha value is -3.58. The number of rotatable bonds is 7. The molecule has 0 unspecified atom stereocenters. The van der Waals surface area contributed by atoms with Crippen LogP contribution in [0.4, 0.5) is 20.2 Å². The highest BCUT2D eigenvalue weighted by Crippen LogP contribution is 2.31. The number of aromatic nitrogens is 3. The molecule has 10 nitrogen and oxygen atoms in total. The lowest BCUT2D eigenvalue weighted by atomic mass is 10.2. The number of hydrogen-bond acceptors (Lipinski definition) is 8. The molecule has 1 aliphatic heterocycles. The van der Waals surface area contributed by atoms with Crippen molar-refractivity contribution in [2.45, 2.75) is 37.5 Å². The molecule has 2 aromatic heterocycles. The van der Waals surface area contributed by atoms with Crippen LogP contribution in [0.3, 0.4) is 0 Å². The van der Waals surface area contributed by atoms with Gasteiger partial charge in [0.15, 0.2) is 0 Å². The van der Waals surface area contributed by atoms with Crippen molar-refractivity contribution < 1.29 is 21.9 Å². The van der Waals surface area contributed by atoms with Gasteiger partial charge >= 0.3 is 5.56 Å². The summed E-state index contributed by atoms with van der Waals surface area (Å²) in [6, 6.07) is 4.35. The molecule has 2 N–H and O–H groups in total. The van der Waals surface area contributed by atoms with E-state index in [1.165, 1.54) is 22.9 Å². The topological polar surface area (TPSA) is 124 Å². The summed E-state index contributed by atoms with van der Waals surface area (Å²) in [6.45, 7) is 0.973. The van der Waals surface area contributed by atoms with E-state index in [2.05, 4.69) is 10.1 Å². The fourth-order valence-corrected chi connectivity index (χ4v) is 6.40. The van der Waals surface area contributed by atoms with E-state index < -0.39 is 27.2 Å². The van der Waals surface area contributed by atoms with Crippen LogP contribution in [-0.4, -0.2) is 59.8 Å². The van der Waals surface area contributed by atoms with Crippen molar-refractivity contribution in [2.75, 3.05) is 36.8 Å². The van der Waals surface area contributed by atoms with Crippen molar-refractivity contribution in [3.05, 3.63) is 70.4 Å². The lowest BCUT2D eigenvalue weighted by Crippen LogP contribution is -2.49. The van der Waals surface area contributed by atoms with E-state index >= 15 is 0 Å². The number of nitrogens with two attached hydrogens (primary N) is 1. The average Bonchev–Trinajstić information content (AvgIpc) is 3.39. The normalized spacial score (nSPS) is 17.2. The van der Waals surface area contributed by atoms with Crippen molar-refractivity contribution in [1.29, 1.82) is 0 Å². The highest BCUT2D eigenvalue weighted by molar-refractivity contribution is 7.88. The molecular weight excluding hydrogens is 518 g/mol. The zero-order valence-electron chi connectivity index (χ0n) is 20.6. The number of pyridine rings is 1. The third kappa shape index (κ3) is 5.48. The summed E-state index contributed by atoms with van der Waals surface area (Å²) in [5.74, 6) is -1.86. The number of nitrogens with zero attached hydrogens (tertiary/aromatic N) is 5. The first kappa shape index (κ1) is 26.0. The van der Waals surface area contributed by atoms with E-state index in [-0.39, 0.29) is 36.4 Å². The summed E-state index contributed by atoms with van der Waals surface area (Å²) in [5, 5.41) is 4.17. The molecule has 202 valence electrons. The zero-order chi connectivity index (χ0) is 26.9. The third-order valence-corrected chi connectivity index (χ3v) is 8.68. The molecule has 13 heteroatoms. The number of piperazine rings is 1. The van der Waals surface area contributed by atoms with Crippen LogP contribution < -0.4 is 20.9 Å². The Labute approximate surface area is 218 Å². The molecule has 0 spiro atoms. The Morgan fingerprint density at radius 3 is 2.37 bits per heavy atom. The summed E-state index contributed by atoms with van der Waals surface area (Å²) in [7, 11) is -3.64. The van der Waals surface area contributed by atoms with Gasteiger partial charge in [0.25, 0.3) is 0 Å². The Bertz CT molecular complexity index is 1470. The van der Waals surface area contributed by atoms with Gasteiger partial charge in [-0.2, -0.15) is 14.1 Å². The molecule has 0 amide bonds. The Kier molecular flexibility index (Phi) is 7.30. The molecule has 0 radical (unpaired) electrons. The fraction of sp³-hybridized carbons (Fsp3) is 0.400. The van der Waals surface area contributed by atoms with Gasteiger partial charge < -0.3 is 15.4 Å². The van der Waals surface area contributed by atoms with Gasteiger partial charge in [-0.3, -0.25) is 9.78 Å². The molecule has 38 heavy (non-hydrogen) atoms. The number of hydrogen-bond donors (Lipinski definition) is 1. The maximum atomic E-state index is 13.8. The summed E-state index contributed by atoms with van der Waals surface area (Å²) < 4.78 is 62.2. The molecule has 0 atom stereocenters. The molecule has 1 aromatic carbocycles. The predicted molar refractivity (Wildman–Crippen MR) is 138 cm³/mol. The minimum absolute atomic E-state index is 0.0393. The van der Waals surface area contributed by atoms with Crippen LogP contribution in [0.2, 0.25) is 0 Å².